The van der Waals surface area contributed by atoms with Crippen LogP contribution in [0.3, 0.4) is 0 Å². The summed E-state index contributed by atoms with van der Waals surface area (Å²) >= 11 is 0. The Morgan fingerprint density at radius 1 is 1.50 bits per heavy atom. The van der Waals surface area contributed by atoms with E-state index in [0.717, 1.165) is 12.8 Å². The van der Waals surface area contributed by atoms with Crippen LogP contribution in [0.2, 0.25) is 0 Å². The topological polar surface area (TPSA) is 12.4 Å². The van der Waals surface area contributed by atoms with Crippen LogP contribution in [0, 0.1) is 0 Å². The van der Waals surface area contributed by atoms with Gasteiger partial charge in [0.15, 0.2) is 0 Å². The zero-order chi connectivity index (χ0) is 8.81. The van der Waals surface area contributed by atoms with Crippen molar-refractivity contribution in [2.75, 3.05) is 7.05 Å². The lowest BCUT2D eigenvalue weighted by Crippen LogP contribution is -1.93. The first-order valence-electron chi connectivity index (χ1n) is 4.61. The lowest BCUT2D eigenvalue weighted by molar-refractivity contribution is 0.954. The average molecular weight is 163 g/mol. The minimum Gasteiger partial charge on any atom is -0.298 e. The van der Waals surface area contributed by atoms with Gasteiger partial charge in [-0.2, -0.15) is 0 Å². The van der Waals surface area contributed by atoms with E-state index in [4.69, 9.17) is 0 Å². The van der Waals surface area contributed by atoms with Gasteiger partial charge in [0.1, 0.15) is 0 Å². The molecule has 0 spiro atoms. The molecular formula is C11H17N. The van der Waals surface area contributed by atoms with E-state index < -0.39 is 0 Å². The third-order valence-corrected chi connectivity index (χ3v) is 2.23. The Bertz CT molecular complexity index is 221. The van der Waals surface area contributed by atoms with Gasteiger partial charge in [-0.05, 0) is 32.6 Å². The van der Waals surface area contributed by atoms with Crippen LogP contribution in [-0.4, -0.2) is 12.8 Å². The van der Waals surface area contributed by atoms with Crippen LogP contribution in [0.5, 0.6) is 0 Å². The van der Waals surface area contributed by atoms with E-state index in [1.807, 2.05) is 7.05 Å². The van der Waals surface area contributed by atoms with E-state index in [-0.39, 0.29) is 0 Å². The first-order valence-corrected chi connectivity index (χ1v) is 4.61. The second kappa shape index (κ2) is 4.91. The highest BCUT2D eigenvalue weighted by Crippen LogP contribution is 2.14. The molecule has 0 aromatic carbocycles. The number of hydrogen-bond donors (Lipinski definition) is 0. The summed E-state index contributed by atoms with van der Waals surface area (Å²) in [5.41, 5.74) is 2.72. The maximum Gasteiger partial charge on any atom is 0.0276 e. The van der Waals surface area contributed by atoms with Crippen LogP contribution in [0.25, 0.3) is 0 Å². The Morgan fingerprint density at radius 2 is 2.33 bits per heavy atom. The normalized spacial score (nSPS) is 17.8. The van der Waals surface area contributed by atoms with Gasteiger partial charge in [0.2, 0.25) is 0 Å². The molecule has 0 bridgehead atoms. The summed E-state index contributed by atoms with van der Waals surface area (Å²) in [6, 6.07) is 0. The molecule has 12 heavy (non-hydrogen) atoms. The molecule has 0 aromatic rings. The Balaban J connectivity index is 2.32. The van der Waals surface area contributed by atoms with Crippen molar-refractivity contribution in [1.82, 2.24) is 0 Å². The van der Waals surface area contributed by atoms with E-state index in [0.29, 0.717) is 0 Å². The predicted molar refractivity (Wildman–Crippen MR) is 54.7 cm³/mol. The summed E-state index contributed by atoms with van der Waals surface area (Å²) in [5, 5.41) is 0. The van der Waals surface area contributed by atoms with Gasteiger partial charge in [0, 0.05) is 12.8 Å². The van der Waals surface area contributed by atoms with Gasteiger partial charge in [0.25, 0.3) is 0 Å². The molecule has 1 heteroatoms. The van der Waals surface area contributed by atoms with Crippen LogP contribution in [0.4, 0.5) is 0 Å². The van der Waals surface area contributed by atoms with Crippen molar-refractivity contribution in [2.45, 2.75) is 32.6 Å². The molecular weight excluding hydrogens is 146 g/mol. The fraction of sp³-hybridized carbons (Fsp3) is 0.545. The minimum atomic E-state index is 1.10. The van der Waals surface area contributed by atoms with Crippen molar-refractivity contribution >= 4 is 5.71 Å². The quantitative estimate of drug-likeness (QED) is 0.567. The van der Waals surface area contributed by atoms with Gasteiger partial charge >= 0.3 is 0 Å². The summed E-state index contributed by atoms with van der Waals surface area (Å²) in [7, 11) is 1.86. The minimum absolute atomic E-state index is 1.10. The van der Waals surface area contributed by atoms with Crippen molar-refractivity contribution in [3.63, 3.8) is 0 Å². The molecule has 0 saturated heterocycles. The second-order valence-electron chi connectivity index (χ2n) is 3.22. The maximum atomic E-state index is 4.14. The molecule has 0 heterocycles. The molecule has 0 saturated carbocycles. The monoisotopic (exact) mass is 163 g/mol. The van der Waals surface area contributed by atoms with Gasteiger partial charge in [-0.3, -0.25) is 4.99 Å². The van der Waals surface area contributed by atoms with Crippen LogP contribution < -0.4 is 0 Å². The molecule has 0 aromatic heterocycles. The SMILES string of the molecule is CN=C(C)CCC1=CCCC=C1. The molecule has 0 N–H and O–H groups in total. The van der Waals surface area contributed by atoms with Gasteiger partial charge in [0.05, 0.1) is 0 Å². The smallest absolute Gasteiger partial charge is 0.0276 e. The van der Waals surface area contributed by atoms with E-state index in [1.54, 1.807) is 0 Å². The standard InChI is InChI=1S/C11H17N/c1-10(12-2)8-9-11-6-4-3-5-7-11/h4,6-7H,3,5,8-9H2,1-2H3. The molecule has 1 rings (SSSR count). The van der Waals surface area contributed by atoms with E-state index >= 15 is 0 Å². The summed E-state index contributed by atoms with van der Waals surface area (Å²) in [6.07, 6.45) is 11.5. The van der Waals surface area contributed by atoms with E-state index in [2.05, 4.69) is 30.1 Å². The highest BCUT2D eigenvalue weighted by molar-refractivity contribution is 5.81. The summed E-state index contributed by atoms with van der Waals surface area (Å²) in [6.45, 7) is 2.09. The van der Waals surface area contributed by atoms with E-state index in [9.17, 15) is 0 Å². The van der Waals surface area contributed by atoms with Crippen LogP contribution >= 0.6 is 0 Å². The Morgan fingerprint density at radius 3 is 2.92 bits per heavy atom. The predicted octanol–water partition coefficient (Wildman–Crippen LogP) is 3.13. The number of hydrogen-bond acceptors (Lipinski definition) is 1. The Labute approximate surface area is 74.9 Å². The lowest BCUT2D eigenvalue weighted by Gasteiger charge is -2.05. The molecule has 0 aliphatic heterocycles. The van der Waals surface area contributed by atoms with Gasteiger partial charge in [-0.1, -0.05) is 23.8 Å². The largest absolute Gasteiger partial charge is 0.298 e. The number of rotatable bonds is 3. The molecule has 1 aliphatic carbocycles. The summed E-state index contributed by atoms with van der Waals surface area (Å²) in [5.74, 6) is 0. The highest BCUT2D eigenvalue weighted by atomic mass is 14.7. The molecule has 1 aliphatic rings. The molecule has 0 fully saturated rings. The third kappa shape index (κ3) is 3.04. The molecule has 0 radical (unpaired) electrons. The van der Waals surface area contributed by atoms with Crippen molar-refractivity contribution in [1.29, 1.82) is 0 Å². The van der Waals surface area contributed by atoms with Crippen molar-refractivity contribution in [3.8, 4) is 0 Å². The first-order chi connectivity index (χ1) is 5.83. The first kappa shape index (κ1) is 9.24. The number of nitrogens with zero attached hydrogens (tertiary/aromatic N) is 1. The van der Waals surface area contributed by atoms with Gasteiger partial charge in [-0.15, -0.1) is 0 Å². The van der Waals surface area contributed by atoms with E-state index in [1.165, 1.54) is 24.1 Å². The maximum absolute atomic E-state index is 4.14. The van der Waals surface area contributed by atoms with Gasteiger partial charge < -0.3 is 0 Å². The zero-order valence-electron chi connectivity index (χ0n) is 8.01. The Kier molecular flexibility index (Phi) is 3.78. The molecule has 0 amide bonds. The fourth-order valence-corrected chi connectivity index (χ4v) is 1.29. The van der Waals surface area contributed by atoms with Crippen molar-refractivity contribution in [2.24, 2.45) is 4.99 Å². The molecule has 66 valence electrons. The molecule has 0 atom stereocenters. The number of aliphatic imine (C=N–C) groups is 1. The fourth-order valence-electron chi connectivity index (χ4n) is 1.29. The summed E-state index contributed by atoms with van der Waals surface area (Å²) in [4.78, 5) is 4.14. The average Bonchev–Trinajstić information content (AvgIpc) is 2.16. The zero-order valence-corrected chi connectivity index (χ0v) is 8.01. The van der Waals surface area contributed by atoms with Crippen LogP contribution in [0.1, 0.15) is 32.6 Å². The van der Waals surface area contributed by atoms with Crippen molar-refractivity contribution < 1.29 is 0 Å². The molecule has 0 unspecified atom stereocenters. The number of allylic oxidation sites excluding steroid dienone is 4. The summed E-state index contributed by atoms with van der Waals surface area (Å²) < 4.78 is 0. The van der Waals surface area contributed by atoms with Crippen LogP contribution in [0.15, 0.2) is 28.8 Å². The highest BCUT2D eigenvalue weighted by Gasteiger charge is 1.97. The van der Waals surface area contributed by atoms with Crippen LogP contribution in [-0.2, 0) is 0 Å². The second-order valence-corrected chi connectivity index (χ2v) is 3.22. The third-order valence-electron chi connectivity index (χ3n) is 2.23. The lowest BCUT2D eigenvalue weighted by atomic mass is 10.0. The molecule has 1 nitrogen and oxygen atoms in total. The van der Waals surface area contributed by atoms with Gasteiger partial charge in [-0.25, -0.2) is 0 Å². The Hall–Kier alpha value is -0.850. The van der Waals surface area contributed by atoms with Crippen molar-refractivity contribution in [3.05, 3.63) is 23.8 Å².